The SMILES string of the molecule is C=C1OCc2c(cc3n(c2=O)Cc2cc4c(CNC(=O)COCNC(=O)CCC(=O)[C@H](Cc5ccccc5)NC(=O)CCC(=O)[C@H](CCC(=O)CC[C@H](O)[C@@H](O)[C@H](O)[C@H](O)CO)NC(=O)CN5C(=O)C=CC5=O)c(C)c(F)cc4nc2-3)[C@@]1(O)CC. The van der Waals surface area contributed by atoms with E-state index in [4.69, 9.17) is 19.6 Å². The lowest BCUT2D eigenvalue weighted by Gasteiger charge is -2.35. The molecule has 0 aliphatic carbocycles. The van der Waals surface area contributed by atoms with Crippen molar-refractivity contribution in [1.29, 1.82) is 0 Å². The van der Waals surface area contributed by atoms with E-state index in [0.29, 0.717) is 49.5 Å². The fourth-order valence-corrected chi connectivity index (χ4v) is 10.1. The normalized spacial score (nSPS) is 17.2. The number of benzene rings is 2. The topological polar surface area (TPSA) is 380 Å². The van der Waals surface area contributed by atoms with Crippen LogP contribution in [0, 0.1) is 12.7 Å². The zero-order valence-electron chi connectivity index (χ0n) is 46.8. The largest absolute Gasteiger partial charge is 0.490 e. The molecule has 0 fully saturated rings. The zero-order chi connectivity index (χ0) is 61.9. The summed E-state index contributed by atoms with van der Waals surface area (Å²) >= 11 is 0. The van der Waals surface area contributed by atoms with Gasteiger partial charge in [-0.05, 0) is 61.4 Å². The van der Waals surface area contributed by atoms with E-state index in [1.807, 2.05) is 0 Å². The fourth-order valence-electron chi connectivity index (χ4n) is 10.1. The number of hydrogen-bond donors (Lipinski definition) is 10. The van der Waals surface area contributed by atoms with E-state index in [1.165, 1.54) is 10.6 Å². The number of nitrogens with zero attached hydrogens (tertiary/aromatic N) is 3. The highest BCUT2D eigenvalue weighted by molar-refractivity contribution is 6.14. The van der Waals surface area contributed by atoms with Crippen LogP contribution in [0.4, 0.5) is 4.39 Å². The van der Waals surface area contributed by atoms with Crippen LogP contribution in [-0.2, 0) is 84.3 Å². The van der Waals surface area contributed by atoms with E-state index < -0.39 is 146 Å². The Kier molecular flexibility index (Phi) is 21.6. The summed E-state index contributed by atoms with van der Waals surface area (Å²) in [5, 5.41) is 71.0. The maximum Gasteiger partial charge on any atom is 0.258 e. The first kappa shape index (κ1) is 64.3. The van der Waals surface area contributed by atoms with Crippen LogP contribution in [-0.4, -0.2) is 161 Å². The van der Waals surface area contributed by atoms with Crippen LogP contribution in [0.25, 0.3) is 22.3 Å². The maximum absolute atomic E-state index is 15.5. The summed E-state index contributed by atoms with van der Waals surface area (Å²) in [7, 11) is 0. The predicted molar refractivity (Wildman–Crippen MR) is 297 cm³/mol. The highest BCUT2D eigenvalue weighted by Gasteiger charge is 2.42. The van der Waals surface area contributed by atoms with Gasteiger partial charge in [0, 0.05) is 79.8 Å². The highest BCUT2D eigenvalue weighted by atomic mass is 19.1. The number of pyridine rings is 2. The van der Waals surface area contributed by atoms with E-state index in [2.05, 4.69) is 27.8 Å². The molecule has 5 heterocycles. The van der Waals surface area contributed by atoms with Crippen LogP contribution in [0.2, 0.25) is 0 Å². The Morgan fingerprint density at radius 3 is 2.14 bits per heavy atom. The zero-order valence-corrected chi connectivity index (χ0v) is 46.8. The van der Waals surface area contributed by atoms with Crippen LogP contribution in [0.3, 0.4) is 0 Å². The molecule has 0 bridgehead atoms. The summed E-state index contributed by atoms with van der Waals surface area (Å²) in [6.07, 6.45) is -8.49. The molecule has 25 nitrogen and oxygen atoms in total. The number of hydrogen-bond acceptors (Lipinski definition) is 19. The minimum absolute atomic E-state index is 0.00537. The number of carbonyl (C=O) groups is 9. The van der Waals surface area contributed by atoms with Crippen molar-refractivity contribution in [2.24, 2.45) is 0 Å². The van der Waals surface area contributed by atoms with Crippen molar-refractivity contribution in [1.82, 2.24) is 35.7 Å². The molecule has 85 heavy (non-hydrogen) atoms. The van der Waals surface area contributed by atoms with Gasteiger partial charge >= 0.3 is 0 Å². The molecule has 0 saturated carbocycles. The van der Waals surface area contributed by atoms with Crippen LogP contribution in [0.1, 0.15) is 98.1 Å². The van der Waals surface area contributed by atoms with Crippen molar-refractivity contribution in [3.8, 4) is 11.4 Å². The maximum atomic E-state index is 15.5. The number of imide groups is 1. The Hall–Kier alpha value is -8.24. The molecule has 2 aromatic carbocycles. The lowest BCUT2D eigenvalue weighted by Crippen LogP contribution is -2.47. The summed E-state index contributed by atoms with van der Waals surface area (Å²) in [6, 6.07) is 10.7. The molecule has 7 atom stereocenters. The van der Waals surface area contributed by atoms with Gasteiger partial charge in [-0.2, -0.15) is 0 Å². The van der Waals surface area contributed by atoms with Crippen molar-refractivity contribution in [3.05, 3.63) is 123 Å². The molecule has 3 aliphatic rings. The summed E-state index contributed by atoms with van der Waals surface area (Å²) < 4.78 is 27.9. The van der Waals surface area contributed by atoms with Crippen LogP contribution in [0.15, 0.2) is 77.8 Å². The summed E-state index contributed by atoms with van der Waals surface area (Å²) in [4.78, 5) is 136. The number of aliphatic hydroxyl groups excluding tert-OH is 5. The van der Waals surface area contributed by atoms with Gasteiger partial charge in [0.05, 0.1) is 53.8 Å². The van der Waals surface area contributed by atoms with E-state index in [9.17, 15) is 73.5 Å². The number of ether oxygens (including phenoxy) is 2. The molecule has 26 heteroatoms. The highest BCUT2D eigenvalue weighted by Crippen LogP contribution is 2.42. The van der Waals surface area contributed by atoms with Gasteiger partial charge in [-0.25, -0.2) is 9.37 Å². The Labute approximate surface area is 485 Å². The number of rotatable bonds is 31. The molecule has 4 aromatic rings. The molecular formula is C59H68FN7O18. The number of aliphatic hydroxyl groups is 6. The Bertz CT molecular complexity index is 3350. The number of fused-ring (bicyclic) bond motifs is 5. The third kappa shape index (κ3) is 15.6. The van der Waals surface area contributed by atoms with Crippen LogP contribution >= 0.6 is 0 Å². The average molecular weight is 1180 g/mol. The second kappa shape index (κ2) is 28.6. The number of carbonyl (C=O) groups excluding carboxylic acids is 9. The van der Waals surface area contributed by atoms with Gasteiger partial charge in [0.15, 0.2) is 11.6 Å². The van der Waals surface area contributed by atoms with Gasteiger partial charge in [-0.3, -0.25) is 52.8 Å². The van der Waals surface area contributed by atoms with Gasteiger partial charge in [0.2, 0.25) is 23.6 Å². The first-order chi connectivity index (χ1) is 40.4. The first-order valence-electron chi connectivity index (χ1n) is 27.6. The Balaban J connectivity index is 0.892. The number of nitrogens with one attached hydrogen (secondary N) is 4. The van der Waals surface area contributed by atoms with E-state index in [1.54, 1.807) is 56.3 Å². The smallest absolute Gasteiger partial charge is 0.258 e. The van der Waals surface area contributed by atoms with Crippen molar-refractivity contribution >= 4 is 63.7 Å². The van der Waals surface area contributed by atoms with Crippen molar-refractivity contribution in [2.45, 2.75) is 140 Å². The molecule has 0 saturated heterocycles. The number of aromatic nitrogens is 2. The number of halogens is 1. The lowest BCUT2D eigenvalue weighted by molar-refractivity contribution is -0.141. The fraction of sp³-hybridized carbons (Fsp3) is 0.441. The predicted octanol–water partition coefficient (Wildman–Crippen LogP) is -0.378. The number of Topliss-reactive ketones (excluding diaryl/α,β-unsaturated/α-hetero) is 3. The van der Waals surface area contributed by atoms with E-state index in [0.717, 1.165) is 12.2 Å². The number of amides is 6. The van der Waals surface area contributed by atoms with Gasteiger partial charge in [-0.1, -0.05) is 43.8 Å². The summed E-state index contributed by atoms with van der Waals surface area (Å²) in [6.45, 7) is 4.46. The molecule has 2 aromatic heterocycles. The van der Waals surface area contributed by atoms with Crippen molar-refractivity contribution in [3.63, 3.8) is 0 Å². The van der Waals surface area contributed by atoms with Crippen molar-refractivity contribution < 1.29 is 87.7 Å². The van der Waals surface area contributed by atoms with Crippen molar-refractivity contribution in [2.75, 3.05) is 26.5 Å². The van der Waals surface area contributed by atoms with Gasteiger partial charge < -0.3 is 65.9 Å². The molecule has 0 spiro atoms. The third-order valence-electron chi connectivity index (χ3n) is 15.3. The Morgan fingerprint density at radius 2 is 1.46 bits per heavy atom. The Morgan fingerprint density at radius 1 is 0.812 bits per heavy atom. The molecule has 0 unspecified atom stereocenters. The molecule has 6 amide bonds. The number of ketones is 3. The third-order valence-corrected chi connectivity index (χ3v) is 15.3. The quantitative estimate of drug-likeness (QED) is 0.0154. The molecule has 454 valence electrons. The molecule has 0 radical (unpaired) electrons. The average Bonchev–Trinajstić information content (AvgIpc) is 1.79. The van der Waals surface area contributed by atoms with E-state index in [-0.39, 0.29) is 87.0 Å². The van der Waals surface area contributed by atoms with Gasteiger partial charge in [0.1, 0.15) is 67.8 Å². The second-order valence-corrected chi connectivity index (χ2v) is 21.0. The minimum Gasteiger partial charge on any atom is -0.490 e. The molecule has 3 aliphatic heterocycles. The standard InChI is InChI=1S/C59H68FN7O18/c1-4-59(83)32(3)85-28-38-39(59)22-44-55-34(25-66(44)58(38)82)21-36-37(31(2)40(60)23-42(36)65-55)24-61-52(77)29-84-30-62-49(74)16-14-46(71)43(20-33-8-6-5-7-9-33)64-50(75)17-15-45(70)41(63-51(76)26-67-53(78)18-19-54(67)79)12-10-35(69)11-13-47(72)56(80)57(81)48(73)27-68/h5-9,18-19,21-23,41,43,47-48,56-57,68,72-73,80-81,83H,3-4,10-17,20,24-30H2,1-2H3,(H,61,77)(H,62,74)(H,63,76)(H,64,75)/t41-,43-,47-,48+,56+,57+,59+/m0/s1. The van der Waals surface area contributed by atoms with E-state index >= 15 is 4.39 Å². The first-order valence-corrected chi connectivity index (χ1v) is 27.6. The van der Waals surface area contributed by atoms with Gasteiger partial charge in [-0.15, -0.1) is 0 Å². The monoisotopic (exact) mass is 1180 g/mol. The van der Waals surface area contributed by atoms with Gasteiger partial charge in [0.25, 0.3) is 17.4 Å². The molecule has 10 N–H and O–H groups in total. The lowest BCUT2D eigenvalue weighted by atomic mass is 9.84. The summed E-state index contributed by atoms with van der Waals surface area (Å²) in [5.41, 5.74) is 1.87. The molecular weight excluding hydrogens is 1110 g/mol. The second-order valence-electron chi connectivity index (χ2n) is 21.0. The van der Waals surface area contributed by atoms with Crippen LogP contribution < -0.4 is 26.8 Å². The summed E-state index contributed by atoms with van der Waals surface area (Å²) in [5.74, 6) is -6.83. The van der Waals surface area contributed by atoms with Crippen LogP contribution in [0.5, 0.6) is 0 Å². The molecule has 7 rings (SSSR count). The minimum atomic E-state index is -1.93.